The quantitative estimate of drug-likeness (QED) is 0.719. The van der Waals surface area contributed by atoms with E-state index < -0.39 is 6.04 Å². The summed E-state index contributed by atoms with van der Waals surface area (Å²) in [7, 11) is 0. The second-order valence-electron chi connectivity index (χ2n) is 9.41. The number of amides is 2. The van der Waals surface area contributed by atoms with Crippen molar-refractivity contribution in [3.05, 3.63) is 48.3 Å². The number of aromatic nitrogens is 1. The summed E-state index contributed by atoms with van der Waals surface area (Å²) in [5, 5.41) is 2.98. The van der Waals surface area contributed by atoms with E-state index in [0.717, 1.165) is 79.9 Å². The Labute approximate surface area is 190 Å². The molecule has 2 aromatic rings. The average molecular weight is 435 g/mol. The van der Waals surface area contributed by atoms with Gasteiger partial charge in [0.25, 0.3) is 0 Å². The summed E-state index contributed by atoms with van der Waals surface area (Å²) in [6.07, 6.45) is 10.4. The van der Waals surface area contributed by atoms with Gasteiger partial charge in [-0.1, -0.05) is 31.9 Å². The fourth-order valence-corrected chi connectivity index (χ4v) is 4.91. The second kappa shape index (κ2) is 10.3. The Kier molecular flexibility index (Phi) is 7.20. The number of nitrogens with two attached hydrogens (primary N) is 1. The summed E-state index contributed by atoms with van der Waals surface area (Å²) in [6.45, 7) is 3.97. The molecule has 2 heterocycles. The van der Waals surface area contributed by atoms with Gasteiger partial charge in [-0.25, -0.2) is 0 Å². The van der Waals surface area contributed by atoms with E-state index >= 15 is 0 Å². The van der Waals surface area contributed by atoms with Gasteiger partial charge in [-0.3, -0.25) is 14.6 Å². The minimum atomic E-state index is -0.467. The molecular formula is C26H34N4O2. The number of carbonyl (C=O) groups excluding carboxylic acids is 2. The number of rotatable bonds is 6. The number of hydrogen-bond acceptors (Lipinski definition) is 4. The number of hydrogen-bond donors (Lipinski definition) is 2. The Balaban J connectivity index is 1.40. The van der Waals surface area contributed by atoms with Gasteiger partial charge in [0, 0.05) is 31.2 Å². The van der Waals surface area contributed by atoms with Crippen LogP contribution < -0.4 is 11.1 Å². The number of benzene rings is 1. The normalized spacial score (nSPS) is 21.9. The van der Waals surface area contributed by atoms with Crippen molar-refractivity contribution >= 4 is 17.5 Å². The third-order valence-corrected chi connectivity index (χ3v) is 7.04. The molecule has 0 radical (unpaired) electrons. The molecule has 1 aliphatic carbocycles. The second-order valence-corrected chi connectivity index (χ2v) is 9.41. The van der Waals surface area contributed by atoms with Crippen LogP contribution in [0.2, 0.25) is 0 Å². The first-order valence-corrected chi connectivity index (χ1v) is 11.9. The lowest BCUT2D eigenvalue weighted by Gasteiger charge is -2.29. The van der Waals surface area contributed by atoms with Crippen molar-refractivity contribution in [1.29, 1.82) is 0 Å². The Morgan fingerprint density at radius 1 is 1.09 bits per heavy atom. The first kappa shape index (κ1) is 22.5. The Hall–Kier alpha value is -2.73. The van der Waals surface area contributed by atoms with Gasteiger partial charge in [-0.2, -0.15) is 0 Å². The third-order valence-electron chi connectivity index (χ3n) is 7.04. The van der Waals surface area contributed by atoms with Gasteiger partial charge < -0.3 is 16.0 Å². The number of likely N-dealkylation sites (tertiary alicyclic amines) is 1. The zero-order valence-corrected chi connectivity index (χ0v) is 18.9. The fourth-order valence-electron chi connectivity index (χ4n) is 4.91. The summed E-state index contributed by atoms with van der Waals surface area (Å²) < 4.78 is 0. The molecule has 2 aliphatic rings. The maximum Gasteiger partial charge on any atom is 0.241 e. The van der Waals surface area contributed by atoms with Crippen molar-refractivity contribution in [1.82, 2.24) is 9.88 Å². The van der Waals surface area contributed by atoms with E-state index in [-0.39, 0.29) is 17.7 Å². The topological polar surface area (TPSA) is 88.3 Å². The Morgan fingerprint density at radius 3 is 2.47 bits per heavy atom. The SMILES string of the molecule is CC1CCC([C@H](N)C(=O)Nc2ccc(-c3ccncc3CC(=O)N3CCCC3)cc2)CC1. The van der Waals surface area contributed by atoms with Gasteiger partial charge in [0.2, 0.25) is 11.8 Å². The van der Waals surface area contributed by atoms with E-state index in [4.69, 9.17) is 5.73 Å². The first-order valence-electron chi connectivity index (χ1n) is 11.9. The molecule has 1 saturated carbocycles. The largest absolute Gasteiger partial charge is 0.342 e. The van der Waals surface area contributed by atoms with Crippen molar-refractivity contribution in [3.8, 4) is 11.1 Å². The van der Waals surface area contributed by atoms with Crippen LogP contribution in [0.3, 0.4) is 0 Å². The summed E-state index contributed by atoms with van der Waals surface area (Å²) in [4.78, 5) is 31.5. The molecule has 0 unspecified atom stereocenters. The maximum atomic E-state index is 12.7. The number of pyridine rings is 1. The van der Waals surface area contributed by atoms with Crippen LogP contribution in [-0.4, -0.2) is 40.8 Å². The fraction of sp³-hybridized carbons (Fsp3) is 0.500. The zero-order valence-electron chi connectivity index (χ0n) is 18.9. The minimum Gasteiger partial charge on any atom is -0.342 e. The molecule has 1 aromatic heterocycles. The van der Waals surface area contributed by atoms with Crippen LogP contribution in [0.25, 0.3) is 11.1 Å². The summed E-state index contributed by atoms with van der Waals surface area (Å²) in [6, 6.07) is 9.22. The predicted octanol–water partition coefficient (Wildman–Crippen LogP) is 4.01. The van der Waals surface area contributed by atoms with E-state index in [0.29, 0.717) is 6.42 Å². The van der Waals surface area contributed by atoms with Crippen molar-refractivity contribution in [2.75, 3.05) is 18.4 Å². The van der Waals surface area contributed by atoms with Crippen molar-refractivity contribution in [3.63, 3.8) is 0 Å². The van der Waals surface area contributed by atoms with Gasteiger partial charge in [0.15, 0.2) is 0 Å². The lowest BCUT2D eigenvalue weighted by atomic mass is 9.79. The smallest absolute Gasteiger partial charge is 0.241 e. The van der Waals surface area contributed by atoms with E-state index in [1.165, 1.54) is 0 Å². The van der Waals surface area contributed by atoms with Crippen molar-refractivity contribution in [2.24, 2.45) is 17.6 Å². The van der Waals surface area contributed by atoms with Crippen molar-refractivity contribution in [2.45, 2.75) is 57.9 Å². The van der Waals surface area contributed by atoms with Gasteiger partial charge in [-0.15, -0.1) is 0 Å². The van der Waals surface area contributed by atoms with E-state index in [1.807, 2.05) is 35.2 Å². The molecule has 1 atom stereocenters. The van der Waals surface area contributed by atoms with Crippen LogP contribution in [0.1, 0.15) is 51.0 Å². The molecule has 0 bridgehead atoms. The van der Waals surface area contributed by atoms with Crippen LogP contribution in [0.5, 0.6) is 0 Å². The van der Waals surface area contributed by atoms with Crippen LogP contribution >= 0.6 is 0 Å². The van der Waals surface area contributed by atoms with Crippen LogP contribution in [0.15, 0.2) is 42.7 Å². The molecule has 0 spiro atoms. The highest BCUT2D eigenvalue weighted by Gasteiger charge is 2.28. The van der Waals surface area contributed by atoms with Crippen LogP contribution in [-0.2, 0) is 16.0 Å². The highest BCUT2D eigenvalue weighted by molar-refractivity contribution is 5.95. The zero-order chi connectivity index (χ0) is 22.5. The first-order chi connectivity index (χ1) is 15.5. The molecule has 2 fully saturated rings. The number of anilines is 1. The third kappa shape index (κ3) is 5.36. The van der Waals surface area contributed by atoms with E-state index in [1.54, 1.807) is 12.4 Å². The van der Waals surface area contributed by atoms with Gasteiger partial charge in [0.05, 0.1) is 12.5 Å². The lowest BCUT2D eigenvalue weighted by Crippen LogP contribution is -2.43. The highest BCUT2D eigenvalue weighted by Crippen LogP contribution is 2.30. The standard InChI is InChI=1S/C26H34N4O2/c1-18-4-6-20(7-5-18)25(27)26(32)29-22-10-8-19(9-11-22)23-12-13-28-17-21(23)16-24(31)30-14-2-3-15-30/h8-13,17-18,20,25H,2-7,14-16,27H2,1H3,(H,29,32)/t18?,20?,25-/m0/s1. The Morgan fingerprint density at radius 2 is 1.78 bits per heavy atom. The number of carbonyl (C=O) groups is 2. The number of nitrogens with zero attached hydrogens (tertiary/aromatic N) is 2. The summed E-state index contributed by atoms with van der Waals surface area (Å²) in [5.41, 5.74) is 9.93. The molecule has 32 heavy (non-hydrogen) atoms. The molecule has 1 saturated heterocycles. The van der Waals surface area contributed by atoms with Crippen LogP contribution in [0, 0.1) is 11.8 Å². The van der Waals surface area contributed by atoms with Gasteiger partial charge in [0.1, 0.15) is 0 Å². The molecule has 4 rings (SSSR count). The summed E-state index contributed by atoms with van der Waals surface area (Å²) in [5.74, 6) is 1.04. The van der Waals surface area contributed by atoms with Crippen molar-refractivity contribution < 1.29 is 9.59 Å². The average Bonchev–Trinajstić information content (AvgIpc) is 3.35. The molecule has 1 aliphatic heterocycles. The highest BCUT2D eigenvalue weighted by atomic mass is 16.2. The molecule has 170 valence electrons. The Bertz CT molecular complexity index is 929. The monoisotopic (exact) mass is 434 g/mol. The predicted molar refractivity (Wildman–Crippen MR) is 127 cm³/mol. The van der Waals surface area contributed by atoms with Gasteiger partial charge in [-0.05, 0) is 72.4 Å². The summed E-state index contributed by atoms with van der Waals surface area (Å²) >= 11 is 0. The molecule has 2 amide bonds. The molecule has 6 heteroatoms. The molecule has 6 nitrogen and oxygen atoms in total. The molecule has 3 N–H and O–H groups in total. The minimum absolute atomic E-state index is 0.113. The van der Waals surface area contributed by atoms with E-state index in [2.05, 4.69) is 17.2 Å². The lowest BCUT2D eigenvalue weighted by molar-refractivity contribution is -0.129. The number of nitrogens with one attached hydrogen (secondary N) is 1. The van der Waals surface area contributed by atoms with Gasteiger partial charge >= 0.3 is 0 Å². The van der Waals surface area contributed by atoms with Crippen LogP contribution in [0.4, 0.5) is 5.69 Å². The van der Waals surface area contributed by atoms with E-state index in [9.17, 15) is 9.59 Å². The maximum absolute atomic E-state index is 12.7. The molecular weight excluding hydrogens is 400 g/mol. The molecule has 1 aromatic carbocycles.